The molecule has 168 valence electrons. The minimum absolute atomic E-state index is 0.942. The summed E-state index contributed by atoms with van der Waals surface area (Å²) in [5.74, 6) is 0.942. The van der Waals surface area contributed by atoms with E-state index in [0.29, 0.717) is 0 Å². The molecule has 0 aliphatic heterocycles. The van der Waals surface area contributed by atoms with Crippen molar-refractivity contribution in [2.75, 3.05) is 0 Å². The molecule has 0 bridgehead atoms. The van der Waals surface area contributed by atoms with E-state index in [9.17, 15) is 0 Å². The smallest absolute Gasteiger partial charge is 0.138 e. The average molecular weight is 477 g/mol. The van der Waals surface area contributed by atoms with Gasteiger partial charge in [-0.25, -0.2) is 4.98 Å². The van der Waals surface area contributed by atoms with Crippen molar-refractivity contribution in [2.24, 2.45) is 0 Å². The number of pyridine rings is 1. The second-order valence-corrected chi connectivity index (χ2v) is 10.3. The fourth-order valence-electron chi connectivity index (χ4n) is 5.55. The summed E-state index contributed by atoms with van der Waals surface area (Å²) in [4.78, 5) is 5.31. The summed E-state index contributed by atoms with van der Waals surface area (Å²) in [5.41, 5.74) is 4.50. The number of para-hydroxylation sites is 1. The second-order valence-electron chi connectivity index (χ2n) is 9.23. The van der Waals surface area contributed by atoms with Crippen molar-refractivity contribution in [3.05, 3.63) is 121 Å². The first kappa shape index (κ1) is 19.8. The maximum Gasteiger partial charge on any atom is 0.138 e. The van der Waals surface area contributed by atoms with Gasteiger partial charge in [0.1, 0.15) is 5.82 Å². The van der Waals surface area contributed by atoms with Crippen molar-refractivity contribution in [3.63, 3.8) is 0 Å². The van der Waals surface area contributed by atoms with E-state index < -0.39 is 0 Å². The lowest BCUT2D eigenvalue weighted by Gasteiger charge is -2.13. The number of thiophene rings is 1. The standard InChI is InChI=1S/C33H20N2S/c1-2-10-21(11-3-1)33-23-13-5-4-12-22(23)18-32(34-33)35-28-16-8-6-14-24(28)26-20-31-27(19-29(26)35)25-15-7-9-17-30(25)36-31/h1-20H. The Labute approximate surface area is 211 Å². The molecule has 0 saturated heterocycles. The van der Waals surface area contributed by atoms with Gasteiger partial charge in [-0.2, -0.15) is 0 Å². The van der Waals surface area contributed by atoms with Crippen molar-refractivity contribution >= 4 is 64.1 Å². The molecule has 0 atom stereocenters. The largest absolute Gasteiger partial charge is 0.294 e. The van der Waals surface area contributed by atoms with Gasteiger partial charge in [-0.3, -0.25) is 4.57 Å². The summed E-state index contributed by atoms with van der Waals surface area (Å²) in [6.07, 6.45) is 0. The SMILES string of the molecule is c1ccc(-c2nc(-n3c4ccccc4c4cc5sc6ccccc6c5cc43)cc3ccccc23)cc1. The molecule has 0 aliphatic rings. The first-order valence-corrected chi connectivity index (χ1v) is 13.0. The molecule has 0 saturated carbocycles. The van der Waals surface area contributed by atoms with E-state index in [1.165, 1.54) is 52.8 Å². The summed E-state index contributed by atoms with van der Waals surface area (Å²) in [5, 5.41) is 7.49. The molecule has 0 fully saturated rings. The number of rotatable bonds is 2. The van der Waals surface area contributed by atoms with Crippen molar-refractivity contribution in [2.45, 2.75) is 0 Å². The zero-order valence-electron chi connectivity index (χ0n) is 19.3. The van der Waals surface area contributed by atoms with E-state index in [-0.39, 0.29) is 0 Å². The van der Waals surface area contributed by atoms with Crippen molar-refractivity contribution in [3.8, 4) is 17.1 Å². The molecular formula is C33H20N2S. The third kappa shape index (κ3) is 2.81. The molecule has 3 aromatic heterocycles. The first-order chi connectivity index (χ1) is 17.8. The highest BCUT2D eigenvalue weighted by molar-refractivity contribution is 7.25. The zero-order chi connectivity index (χ0) is 23.6. The highest BCUT2D eigenvalue weighted by atomic mass is 32.1. The Morgan fingerprint density at radius 1 is 0.500 bits per heavy atom. The van der Waals surface area contributed by atoms with Gasteiger partial charge < -0.3 is 0 Å². The molecule has 0 spiro atoms. The highest BCUT2D eigenvalue weighted by Crippen LogP contribution is 2.41. The first-order valence-electron chi connectivity index (χ1n) is 12.2. The topological polar surface area (TPSA) is 17.8 Å². The Balaban J connectivity index is 1.53. The van der Waals surface area contributed by atoms with Gasteiger partial charge >= 0.3 is 0 Å². The minimum atomic E-state index is 0.942. The molecule has 3 heteroatoms. The maximum absolute atomic E-state index is 5.31. The Bertz CT molecular complexity index is 2100. The van der Waals surface area contributed by atoms with Crippen LogP contribution in [0.1, 0.15) is 0 Å². The number of hydrogen-bond donors (Lipinski definition) is 0. The van der Waals surface area contributed by atoms with Crippen LogP contribution in [0.3, 0.4) is 0 Å². The summed E-state index contributed by atoms with van der Waals surface area (Å²) in [7, 11) is 0. The fraction of sp³-hybridized carbons (Fsp3) is 0. The van der Waals surface area contributed by atoms with Gasteiger partial charge in [-0.15, -0.1) is 11.3 Å². The molecule has 0 radical (unpaired) electrons. The Morgan fingerprint density at radius 2 is 1.22 bits per heavy atom. The average Bonchev–Trinajstić information content (AvgIpc) is 3.46. The van der Waals surface area contributed by atoms with E-state index in [0.717, 1.165) is 17.1 Å². The number of fused-ring (bicyclic) bond motifs is 7. The maximum atomic E-state index is 5.31. The third-order valence-corrected chi connectivity index (χ3v) is 8.31. The van der Waals surface area contributed by atoms with E-state index in [1.807, 2.05) is 11.3 Å². The molecule has 36 heavy (non-hydrogen) atoms. The molecule has 0 amide bonds. The van der Waals surface area contributed by atoms with Crippen LogP contribution in [0.15, 0.2) is 121 Å². The fourth-order valence-corrected chi connectivity index (χ4v) is 6.68. The minimum Gasteiger partial charge on any atom is -0.294 e. The molecule has 0 unspecified atom stereocenters. The molecule has 3 heterocycles. The summed E-state index contributed by atoms with van der Waals surface area (Å²) >= 11 is 1.87. The van der Waals surface area contributed by atoms with Gasteiger partial charge in [0, 0.05) is 41.9 Å². The van der Waals surface area contributed by atoms with Crippen LogP contribution in [0.25, 0.3) is 69.8 Å². The number of aromatic nitrogens is 2. The van der Waals surface area contributed by atoms with Crippen molar-refractivity contribution in [1.29, 1.82) is 0 Å². The van der Waals surface area contributed by atoms with Crippen LogP contribution in [0.5, 0.6) is 0 Å². The van der Waals surface area contributed by atoms with Gasteiger partial charge in [0.2, 0.25) is 0 Å². The van der Waals surface area contributed by atoms with E-state index >= 15 is 0 Å². The van der Waals surface area contributed by atoms with Gasteiger partial charge in [0.15, 0.2) is 0 Å². The van der Waals surface area contributed by atoms with Crippen LogP contribution in [0.2, 0.25) is 0 Å². The van der Waals surface area contributed by atoms with E-state index in [2.05, 4.69) is 126 Å². The Morgan fingerprint density at radius 3 is 2.11 bits per heavy atom. The van der Waals surface area contributed by atoms with Crippen LogP contribution < -0.4 is 0 Å². The van der Waals surface area contributed by atoms with Crippen molar-refractivity contribution < 1.29 is 0 Å². The molecule has 8 rings (SSSR count). The molecule has 2 nitrogen and oxygen atoms in total. The van der Waals surface area contributed by atoms with Crippen LogP contribution in [0, 0.1) is 0 Å². The van der Waals surface area contributed by atoms with Gasteiger partial charge in [-0.05, 0) is 35.7 Å². The molecule has 0 aliphatic carbocycles. The number of benzene rings is 5. The second kappa shape index (κ2) is 7.51. The summed E-state index contributed by atoms with van der Waals surface area (Å²) in [6.45, 7) is 0. The van der Waals surface area contributed by atoms with Crippen LogP contribution in [-0.4, -0.2) is 9.55 Å². The van der Waals surface area contributed by atoms with Gasteiger partial charge in [0.25, 0.3) is 0 Å². The van der Waals surface area contributed by atoms with E-state index in [1.54, 1.807) is 0 Å². The number of hydrogen-bond acceptors (Lipinski definition) is 2. The normalized spacial score (nSPS) is 11.9. The predicted molar refractivity (Wildman–Crippen MR) is 154 cm³/mol. The third-order valence-electron chi connectivity index (χ3n) is 7.17. The summed E-state index contributed by atoms with van der Waals surface area (Å²) in [6, 6.07) is 43.4. The molecule has 8 aromatic rings. The van der Waals surface area contributed by atoms with Crippen LogP contribution in [-0.2, 0) is 0 Å². The quantitative estimate of drug-likeness (QED) is 0.243. The van der Waals surface area contributed by atoms with Crippen molar-refractivity contribution in [1.82, 2.24) is 9.55 Å². The monoisotopic (exact) mass is 476 g/mol. The lowest BCUT2D eigenvalue weighted by atomic mass is 10.0. The zero-order valence-corrected chi connectivity index (χ0v) is 20.2. The molecular weight excluding hydrogens is 456 g/mol. The summed E-state index contributed by atoms with van der Waals surface area (Å²) < 4.78 is 4.99. The molecule has 0 N–H and O–H groups in total. The Hall–Kier alpha value is -4.47. The predicted octanol–water partition coefficient (Wildman–Crippen LogP) is 9.37. The van der Waals surface area contributed by atoms with Crippen LogP contribution >= 0.6 is 11.3 Å². The molecule has 5 aromatic carbocycles. The number of nitrogens with zero attached hydrogens (tertiary/aromatic N) is 2. The Kier molecular flexibility index (Phi) is 4.13. The van der Waals surface area contributed by atoms with Gasteiger partial charge in [-0.1, -0.05) is 91.0 Å². The van der Waals surface area contributed by atoms with Gasteiger partial charge in [0.05, 0.1) is 16.7 Å². The lowest BCUT2D eigenvalue weighted by Crippen LogP contribution is -1.99. The highest BCUT2D eigenvalue weighted by Gasteiger charge is 2.17. The van der Waals surface area contributed by atoms with E-state index in [4.69, 9.17) is 4.98 Å². The lowest BCUT2D eigenvalue weighted by molar-refractivity contribution is 1.09. The van der Waals surface area contributed by atoms with Crippen LogP contribution in [0.4, 0.5) is 0 Å².